The molecule has 1 aromatic heterocycles. The van der Waals surface area contributed by atoms with Gasteiger partial charge in [-0.1, -0.05) is 29.8 Å². The van der Waals surface area contributed by atoms with Gasteiger partial charge in [0.25, 0.3) is 11.8 Å². The van der Waals surface area contributed by atoms with Gasteiger partial charge in [0, 0.05) is 64.8 Å². The number of aryl methyl sites for hydroxylation is 2. The van der Waals surface area contributed by atoms with Crippen LogP contribution < -0.4 is 10.6 Å². The minimum Gasteiger partial charge on any atom is -0.379 e. The van der Waals surface area contributed by atoms with Gasteiger partial charge >= 0.3 is 0 Å². The molecule has 2 aromatic rings. The molecule has 35 heavy (non-hydrogen) atoms. The number of morpholine rings is 1. The lowest BCUT2D eigenvalue weighted by Crippen LogP contribution is -2.41. The van der Waals surface area contributed by atoms with Gasteiger partial charge < -0.3 is 20.3 Å². The molecule has 3 heterocycles. The molecule has 1 aromatic carbocycles. The highest BCUT2D eigenvalue weighted by molar-refractivity contribution is 5.98. The predicted octanol–water partition coefficient (Wildman–Crippen LogP) is 0.806. The maximum atomic E-state index is 13.2. The maximum Gasteiger partial charge on any atom is 0.272 e. The van der Waals surface area contributed by atoms with Crippen LogP contribution in [-0.4, -0.2) is 89.8 Å². The third-order valence-corrected chi connectivity index (χ3v) is 6.26. The lowest BCUT2D eigenvalue weighted by atomic mass is 10.1. The summed E-state index contributed by atoms with van der Waals surface area (Å²) in [7, 11) is 0. The second-order valence-corrected chi connectivity index (χ2v) is 9.02. The van der Waals surface area contributed by atoms with Crippen molar-refractivity contribution in [3.8, 4) is 0 Å². The van der Waals surface area contributed by atoms with Crippen LogP contribution in [0.4, 0.5) is 0 Å². The van der Waals surface area contributed by atoms with Gasteiger partial charge in [-0.15, -0.1) is 0 Å². The van der Waals surface area contributed by atoms with E-state index in [1.54, 1.807) is 15.6 Å². The normalized spacial score (nSPS) is 16.5. The maximum absolute atomic E-state index is 13.2. The summed E-state index contributed by atoms with van der Waals surface area (Å²) in [5, 5.41) is 9.98. The van der Waals surface area contributed by atoms with Crippen LogP contribution in [0, 0.1) is 6.92 Å². The minimum absolute atomic E-state index is 0.110. The van der Waals surface area contributed by atoms with Crippen molar-refractivity contribution in [3.63, 3.8) is 0 Å². The Kier molecular flexibility index (Phi) is 8.49. The Morgan fingerprint density at radius 2 is 1.89 bits per heavy atom. The van der Waals surface area contributed by atoms with Crippen molar-refractivity contribution < 1.29 is 19.1 Å². The van der Waals surface area contributed by atoms with Crippen molar-refractivity contribution in [1.29, 1.82) is 0 Å². The van der Waals surface area contributed by atoms with Gasteiger partial charge in [-0.3, -0.25) is 24.0 Å². The van der Waals surface area contributed by atoms with E-state index < -0.39 is 0 Å². The van der Waals surface area contributed by atoms with Crippen molar-refractivity contribution in [3.05, 3.63) is 52.8 Å². The van der Waals surface area contributed by atoms with Gasteiger partial charge in [-0.2, -0.15) is 5.10 Å². The van der Waals surface area contributed by atoms with Gasteiger partial charge in [0.2, 0.25) is 5.91 Å². The summed E-state index contributed by atoms with van der Waals surface area (Å²) < 4.78 is 6.93. The number of rotatable bonds is 9. The summed E-state index contributed by atoms with van der Waals surface area (Å²) in [4.78, 5) is 41.9. The first kappa shape index (κ1) is 24.9. The van der Waals surface area contributed by atoms with E-state index in [1.807, 2.05) is 25.1 Å². The molecule has 1 fully saturated rings. The Balaban J connectivity index is 1.25. The van der Waals surface area contributed by atoms with Gasteiger partial charge in [0.15, 0.2) is 5.69 Å². The highest BCUT2D eigenvalue weighted by Gasteiger charge is 2.26. The highest BCUT2D eigenvalue weighted by atomic mass is 16.5. The Morgan fingerprint density at radius 1 is 1.06 bits per heavy atom. The van der Waals surface area contributed by atoms with Crippen LogP contribution in [0.25, 0.3) is 0 Å². The fourth-order valence-corrected chi connectivity index (χ4v) is 4.37. The molecule has 3 amide bonds. The molecule has 0 bridgehead atoms. The van der Waals surface area contributed by atoms with Crippen LogP contribution in [0.3, 0.4) is 0 Å². The second-order valence-electron chi connectivity index (χ2n) is 9.02. The molecule has 188 valence electrons. The van der Waals surface area contributed by atoms with E-state index >= 15 is 0 Å². The Bertz CT molecular complexity index is 1050. The van der Waals surface area contributed by atoms with Gasteiger partial charge in [-0.25, -0.2) is 0 Å². The minimum atomic E-state index is -0.385. The number of aromatic nitrogens is 2. The molecule has 0 atom stereocenters. The number of carbonyl (C=O) groups is 3. The van der Waals surface area contributed by atoms with Crippen LogP contribution in [0.15, 0.2) is 30.3 Å². The van der Waals surface area contributed by atoms with Crippen LogP contribution >= 0.6 is 0 Å². The summed E-state index contributed by atoms with van der Waals surface area (Å²) in [5.74, 6) is -0.624. The van der Waals surface area contributed by atoms with E-state index in [4.69, 9.17) is 4.74 Å². The number of nitrogens with zero attached hydrogens (tertiary/aromatic N) is 4. The third-order valence-electron chi connectivity index (χ3n) is 6.26. The van der Waals surface area contributed by atoms with Crippen LogP contribution in [-0.2, 0) is 22.6 Å². The standard InChI is InChI=1S/C25H34N6O4/c1-19-4-2-5-20(16-19)18-30-9-3-10-31-22(25(30)34)17-21(28-31)24(33)27-7-6-23(32)26-8-11-29-12-14-35-15-13-29/h2,4-5,16-17H,3,6-15,18H2,1H3,(H,26,32)(H,27,33). The molecular weight excluding hydrogens is 448 g/mol. The number of hydrogen-bond acceptors (Lipinski definition) is 6. The fourth-order valence-electron chi connectivity index (χ4n) is 4.37. The molecule has 2 aliphatic heterocycles. The molecule has 0 radical (unpaired) electrons. The fraction of sp³-hybridized carbons (Fsp3) is 0.520. The van der Waals surface area contributed by atoms with E-state index in [9.17, 15) is 14.4 Å². The quantitative estimate of drug-likeness (QED) is 0.548. The van der Waals surface area contributed by atoms with E-state index in [1.165, 1.54) is 0 Å². The second kappa shape index (κ2) is 11.9. The monoisotopic (exact) mass is 482 g/mol. The summed E-state index contributed by atoms with van der Waals surface area (Å²) in [5.41, 5.74) is 2.84. The predicted molar refractivity (Wildman–Crippen MR) is 130 cm³/mol. The molecular formula is C25H34N6O4. The SMILES string of the molecule is Cc1cccc(CN2CCCn3nc(C(=O)NCCC(=O)NCCN4CCOCC4)cc3C2=O)c1. The first-order valence-corrected chi connectivity index (χ1v) is 12.3. The summed E-state index contributed by atoms with van der Waals surface area (Å²) in [6.07, 6.45) is 0.948. The van der Waals surface area contributed by atoms with Crippen molar-refractivity contribution in [2.45, 2.75) is 32.9 Å². The van der Waals surface area contributed by atoms with Crippen LogP contribution in [0.1, 0.15) is 44.9 Å². The number of ether oxygens (including phenoxy) is 1. The number of benzene rings is 1. The van der Waals surface area contributed by atoms with Gasteiger partial charge in [0.05, 0.1) is 13.2 Å². The number of amides is 3. The Hall–Kier alpha value is -3.24. The van der Waals surface area contributed by atoms with Gasteiger partial charge in [0.1, 0.15) is 5.69 Å². The zero-order chi connectivity index (χ0) is 24.6. The smallest absolute Gasteiger partial charge is 0.272 e. The average Bonchev–Trinajstić information content (AvgIpc) is 3.22. The van der Waals surface area contributed by atoms with Crippen molar-refractivity contribution in [2.75, 3.05) is 52.5 Å². The topological polar surface area (TPSA) is 109 Å². The van der Waals surface area contributed by atoms with Gasteiger partial charge in [-0.05, 0) is 18.9 Å². The van der Waals surface area contributed by atoms with E-state index in [2.05, 4.69) is 26.7 Å². The first-order chi connectivity index (χ1) is 17.0. The number of nitrogens with one attached hydrogen (secondary N) is 2. The molecule has 10 nitrogen and oxygen atoms in total. The van der Waals surface area contributed by atoms with E-state index in [-0.39, 0.29) is 36.4 Å². The van der Waals surface area contributed by atoms with Crippen molar-refractivity contribution >= 4 is 17.7 Å². The zero-order valence-corrected chi connectivity index (χ0v) is 20.3. The van der Waals surface area contributed by atoms with Crippen LogP contribution in [0.2, 0.25) is 0 Å². The summed E-state index contributed by atoms with van der Waals surface area (Å²) in [6.45, 7) is 8.55. The number of hydrogen-bond donors (Lipinski definition) is 2. The van der Waals surface area contributed by atoms with Crippen molar-refractivity contribution in [1.82, 2.24) is 30.2 Å². The lowest BCUT2D eigenvalue weighted by molar-refractivity contribution is -0.121. The van der Waals surface area contributed by atoms with E-state index in [0.29, 0.717) is 31.9 Å². The molecule has 4 rings (SSSR count). The summed E-state index contributed by atoms with van der Waals surface area (Å²) in [6, 6.07) is 9.66. The molecule has 10 heteroatoms. The Morgan fingerprint density at radius 3 is 2.69 bits per heavy atom. The third kappa shape index (κ3) is 6.89. The average molecular weight is 483 g/mol. The molecule has 2 aliphatic rings. The molecule has 0 saturated carbocycles. The molecule has 0 unspecified atom stereocenters. The number of carbonyl (C=O) groups excluding carboxylic acids is 3. The summed E-state index contributed by atoms with van der Waals surface area (Å²) >= 11 is 0. The molecule has 0 spiro atoms. The molecule has 1 saturated heterocycles. The Labute approximate surface area is 205 Å². The zero-order valence-electron chi connectivity index (χ0n) is 20.3. The highest BCUT2D eigenvalue weighted by Crippen LogP contribution is 2.17. The molecule has 2 N–H and O–H groups in total. The first-order valence-electron chi connectivity index (χ1n) is 12.3. The largest absolute Gasteiger partial charge is 0.379 e. The van der Waals surface area contributed by atoms with Crippen LogP contribution in [0.5, 0.6) is 0 Å². The van der Waals surface area contributed by atoms with E-state index in [0.717, 1.165) is 50.4 Å². The lowest BCUT2D eigenvalue weighted by Gasteiger charge is -2.26. The van der Waals surface area contributed by atoms with Crippen molar-refractivity contribution in [2.24, 2.45) is 0 Å². The molecule has 0 aliphatic carbocycles. The number of fused-ring (bicyclic) bond motifs is 1.